The Morgan fingerprint density at radius 3 is 2.49 bits per heavy atom. The predicted octanol–water partition coefficient (Wildman–Crippen LogP) is 5.72. The first-order chi connectivity index (χ1) is 22.9. The lowest BCUT2D eigenvalue weighted by atomic mass is 9.90. The van der Waals surface area contributed by atoms with Gasteiger partial charge in [0.25, 0.3) is 11.5 Å². The van der Waals surface area contributed by atoms with E-state index in [-0.39, 0.29) is 18.1 Å². The molecule has 1 aromatic heterocycles. The van der Waals surface area contributed by atoms with Crippen molar-refractivity contribution >= 4 is 34.1 Å². The van der Waals surface area contributed by atoms with Crippen molar-refractivity contribution in [1.82, 2.24) is 9.47 Å². The number of nitrogens with zero attached hydrogens (tertiary/aromatic N) is 4. The highest BCUT2D eigenvalue weighted by molar-refractivity contribution is 7.07. The number of para-hydroxylation sites is 1. The standard InChI is InChI=1S/C38H34N4O4S/c1-5-41(6-2)37(44)33-24(3)40-38-42(35(33)34-29-17-11-9-13-25(29)19-20-31(34)45-4)36(43)32(47-38)21-26-14-10-12-18-30(26)46-23-28-16-8-7-15-27(28)22-39/h7-21,35H,5-6,23H2,1-4H3/b32-21+/t35-/m0/s1. The number of aromatic nitrogens is 1. The summed E-state index contributed by atoms with van der Waals surface area (Å²) in [6, 6.07) is 28.0. The van der Waals surface area contributed by atoms with Gasteiger partial charge in [-0.15, -0.1) is 0 Å². The third kappa shape index (κ3) is 5.84. The van der Waals surface area contributed by atoms with Crippen LogP contribution in [0.25, 0.3) is 16.8 Å². The molecule has 1 aliphatic heterocycles. The molecule has 1 aliphatic rings. The molecule has 0 aliphatic carbocycles. The zero-order valence-electron chi connectivity index (χ0n) is 26.7. The first-order valence-electron chi connectivity index (χ1n) is 15.5. The summed E-state index contributed by atoms with van der Waals surface area (Å²) in [5.74, 6) is 0.994. The second kappa shape index (κ2) is 13.5. The fourth-order valence-electron chi connectivity index (χ4n) is 6.07. The SMILES string of the molecule is CCN(CC)C(=O)C1=C(C)N=c2s/c(=C/c3ccccc3OCc3ccccc3C#N)c(=O)n2[C@@H]1c1c(OC)ccc2ccccc12. The van der Waals surface area contributed by atoms with Gasteiger partial charge >= 0.3 is 0 Å². The van der Waals surface area contributed by atoms with Crippen LogP contribution in [0.3, 0.4) is 0 Å². The Morgan fingerprint density at radius 2 is 1.72 bits per heavy atom. The lowest BCUT2D eigenvalue weighted by molar-refractivity contribution is -0.127. The average molecular weight is 643 g/mol. The number of allylic oxidation sites excluding steroid dienone is 1. The molecule has 0 saturated heterocycles. The van der Waals surface area contributed by atoms with E-state index < -0.39 is 6.04 Å². The molecule has 0 saturated carbocycles. The Labute approximate surface area is 276 Å². The van der Waals surface area contributed by atoms with Gasteiger partial charge in [0, 0.05) is 29.8 Å². The van der Waals surface area contributed by atoms with Gasteiger partial charge in [0.2, 0.25) is 0 Å². The monoisotopic (exact) mass is 642 g/mol. The molecule has 2 heterocycles. The van der Waals surface area contributed by atoms with Crippen molar-refractivity contribution in [2.75, 3.05) is 20.2 Å². The minimum absolute atomic E-state index is 0.165. The van der Waals surface area contributed by atoms with Crippen molar-refractivity contribution < 1.29 is 14.3 Å². The number of carbonyl (C=O) groups excluding carboxylic acids is 1. The number of methoxy groups -OCH3 is 1. The molecule has 47 heavy (non-hydrogen) atoms. The van der Waals surface area contributed by atoms with Gasteiger partial charge in [0.15, 0.2) is 4.80 Å². The van der Waals surface area contributed by atoms with Crippen LogP contribution >= 0.6 is 11.3 Å². The van der Waals surface area contributed by atoms with Crippen LogP contribution in [-0.4, -0.2) is 35.6 Å². The van der Waals surface area contributed by atoms with Crippen LogP contribution in [0, 0.1) is 11.3 Å². The Kier molecular flexibility index (Phi) is 9.05. The summed E-state index contributed by atoms with van der Waals surface area (Å²) < 4.78 is 14.2. The molecular weight excluding hydrogens is 609 g/mol. The van der Waals surface area contributed by atoms with Gasteiger partial charge in [-0.3, -0.25) is 14.2 Å². The Balaban J connectivity index is 1.54. The Bertz CT molecular complexity index is 2260. The number of benzene rings is 4. The van der Waals surface area contributed by atoms with Gasteiger partial charge in [-0.1, -0.05) is 78.1 Å². The van der Waals surface area contributed by atoms with Gasteiger partial charge in [0.1, 0.15) is 24.1 Å². The minimum atomic E-state index is -0.767. The van der Waals surface area contributed by atoms with E-state index in [9.17, 15) is 14.9 Å². The molecule has 0 spiro atoms. The fourth-order valence-corrected chi connectivity index (χ4v) is 7.11. The molecule has 0 radical (unpaired) electrons. The third-order valence-electron chi connectivity index (χ3n) is 8.45. The highest BCUT2D eigenvalue weighted by atomic mass is 32.1. The normalized spacial score (nSPS) is 14.4. The van der Waals surface area contributed by atoms with Crippen LogP contribution in [0.15, 0.2) is 106 Å². The molecular formula is C38H34N4O4S. The molecule has 6 rings (SSSR count). The summed E-state index contributed by atoms with van der Waals surface area (Å²) in [6.07, 6.45) is 1.80. The van der Waals surface area contributed by atoms with Gasteiger partial charge < -0.3 is 14.4 Å². The van der Waals surface area contributed by atoms with Gasteiger partial charge in [0.05, 0.1) is 34.5 Å². The number of hydrogen-bond acceptors (Lipinski definition) is 7. The van der Waals surface area contributed by atoms with Crippen LogP contribution in [0.2, 0.25) is 0 Å². The van der Waals surface area contributed by atoms with Crippen molar-refractivity contribution in [2.45, 2.75) is 33.4 Å². The maximum absolute atomic E-state index is 14.5. The number of fused-ring (bicyclic) bond motifs is 2. The van der Waals surface area contributed by atoms with E-state index in [1.165, 1.54) is 11.3 Å². The number of ether oxygens (including phenoxy) is 2. The van der Waals surface area contributed by atoms with Gasteiger partial charge in [-0.25, -0.2) is 4.99 Å². The van der Waals surface area contributed by atoms with Crippen LogP contribution in [0.5, 0.6) is 11.5 Å². The van der Waals surface area contributed by atoms with Crippen LogP contribution in [-0.2, 0) is 11.4 Å². The number of thiazole rings is 1. The number of hydrogen-bond donors (Lipinski definition) is 0. The summed E-state index contributed by atoms with van der Waals surface area (Å²) in [5.41, 5.74) is 3.51. The largest absolute Gasteiger partial charge is 0.496 e. The lowest BCUT2D eigenvalue weighted by Gasteiger charge is -2.30. The lowest BCUT2D eigenvalue weighted by Crippen LogP contribution is -2.43. The quantitative estimate of drug-likeness (QED) is 0.205. The molecule has 0 unspecified atom stereocenters. The summed E-state index contributed by atoms with van der Waals surface area (Å²) in [6.45, 7) is 6.96. The topological polar surface area (TPSA) is 96.9 Å². The first kappa shape index (κ1) is 31.5. The third-order valence-corrected chi connectivity index (χ3v) is 9.44. The van der Waals surface area contributed by atoms with Crippen molar-refractivity contribution in [2.24, 2.45) is 4.99 Å². The van der Waals surface area contributed by atoms with Crippen molar-refractivity contribution in [1.29, 1.82) is 5.26 Å². The predicted molar refractivity (Wildman–Crippen MR) is 184 cm³/mol. The number of rotatable bonds is 9. The van der Waals surface area contributed by atoms with E-state index >= 15 is 0 Å². The molecule has 9 heteroatoms. The summed E-state index contributed by atoms with van der Waals surface area (Å²) >= 11 is 1.27. The molecule has 5 aromatic rings. The molecule has 4 aromatic carbocycles. The molecule has 0 bridgehead atoms. The Morgan fingerprint density at radius 1 is 1.00 bits per heavy atom. The fraction of sp³-hybridized carbons (Fsp3) is 0.211. The number of likely N-dealkylation sites (N-methyl/N-ethyl adjacent to an activating group) is 1. The highest BCUT2D eigenvalue weighted by Crippen LogP contribution is 2.40. The summed E-state index contributed by atoms with van der Waals surface area (Å²) in [7, 11) is 1.60. The highest BCUT2D eigenvalue weighted by Gasteiger charge is 2.36. The molecule has 8 nitrogen and oxygen atoms in total. The number of nitriles is 1. The maximum atomic E-state index is 14.5. The smallest absolute Gasteiger partial charge is 0.271 e. The van der Waals surface area contributed by atoms with Crippen molar-refractivity contribution in [3.63, 3.8) is 0 Å². The Hall–Kier alpha value is -5.46. The minimum Gasteiger partial charge on any atom is -0.496 e. The van der Waals surface area contributed by atoms with Gasteiger partial charge in [-0.2, -0.15) is 5.26 Å². The van der Waals surface area contributed by atoms with E-state index in [2.05, 4.69) is 6.07 Å². The van der Waals surface area contributed by atoms with E-state index in [0.29, 0.717) is 56.3 Å². The van der Waals surface area contributed by atoms with Gasteiger partial charge in [-0.05, 0) is 55.8 Å². The molecule has 0 fully saturated rings. The maximum Gasteiger partial charge on any atom is 0.271 e. The van der Waals surface area contributed by atoms with Crippen LogP contribution in [0.4, 0.5) is 0 Å². The molecule has 1 atom stereocenters. The summed E-state index contributed by atoms with van der Waals surface area (Å²) in [4.78, 5) is 35.8. The average Bonchev–Trinajstić information content (AvgIpc) is 3.40. The van der Waals surface area contributed by atoms with Crippen molar-refractivity contribution in [3.8, 4) is 17.6 Å². The van der Waals surface area contributed by atoms with E-state index in [1.54, 1.807) is 28.7 Å². The second-order valence-electron chi connectivity index (χ2n) is 11.1. The zero-order chi connectivity index (χ0) is 33.1. The van der Waals surface area contributed by atoms with Crippen LogP contribution < -0.4 is 24.4 Å². The molecule has 236 valence electrons. The zero-order valence-corrected chi connectivity index (χ0v) is 27.5. The van der Waals surface area contributed by atoms with E-state index in [0.717, 1.165) is 21.9 Å². The number of amides is 1. The van der Waals surface area contributed by atoms with Crippen LogP contribution in [0.1, 0.15) is 49.1 Å². The molecule has 1 amide bonds. The molecule has 0 N–H and O–H groups in total. The number of carbonyl (C=O) groups is 1. The van der Waals surface area contributed by atoms with E-state index in [4.69, 9.17) is 14.5 Å². The second-order valence-corrected chi connectivity index (χ2v) is 12.1. The van der Waals surface area contributed by atoms with E-state index in [1.807, 2.05) is 99.6 Å². The first-order valence-corrected chi connectivity index (χ1v) is 16.3. The summed E-state index contributed by atoms with van der Waals surface area (Å²) in [5, 5.41) is 11.4. The van der Waals surface area contributed by atoms with Crippen molar-refractivity contribution in [3.05, 3.63) is 138 Å².